The van der Waals surface area contributed by atoms with Crippen LogP contribution >= 0.6 is 0 Å². The quantitative estimate of drug-likeness (QED) is 0.724. The van der Waals surface area contributed by atoms with E-state index in [1.54, 1.807) is 14.2 Å². The Kier molecular flexibility index (Phi) is 5.44. The highest BCUT2D eigenvalue weighted by molar-refractivity contribution is 5.66. The van der Waals surface area contributed by atoms with Crippen LogP contribution in [-0.2, 0) is 13.1 Å². The summed E-state index contributed by atoms with van der Waals surface area (Å²) in [4.78, 5) is 7.10. The summed E-state index contributed by atoms with van der Waals surface area (Å²) in [6, 6.07) is 18.4. The van der Waals surface area contributed by atoms with Crippen LogP contribution in [0, 0.1) is 0 Å². The molecule has 1 N–H and O–H groups in total. The lowest BCUT2D eigenvalue weighted by molar-refractivity contribution is 0.266. The van der Waals surface area contributed by atoms with Crippen LogP contribution in [0.25, 0.3) is 11.3 Å². The number of nitrogens with one attached hydrogen (secondary N) is 1. The van der Waals surface area contributed by atoms with Gasteiger partial charge in [-0.1, -0.05) is 30.3 Å². The van der Waals surface area contributed by atoms with Crippen molar-refractivity contribution in [3.63, 3.8) is 0 Å². The Labute approximate surface area is 165 Å². The highest BCUT2D eigenvalue weighted by atomic mass is 16.5. The predicted octanol–water partition coefficient (Wildman–Crippen LogP) is 4.19. The first-order chi connectivity index (χ1) is 13.8. The first kappa shape index (κ1) is 18.3. The lowest BCUT2D eigenvalue weighted by atomic mass is 10.1. The van der Waals surface area contributed by atoms with Gasteiger partial charge in [0, 0.05) is 54.8 Å². The molecule has 1 aliphatic rings. The summed E-state index contributed by atoms with van der Waals surface area (Å²) < 4.78 is 10.9. The SMILES string of the molecule is COc1ccc(OC)c(CN2CCNc3cc(-c4ccccc4)ncc3C2)c1. The van der Waals surface area contributed by atoms with Crippen molar-refractivity contribution in [2.75, 3.05) is 32.6 Å². The van der Waals surface area contributed by atoms with E-state index in [0.29, 0.717) is 0 Å². The van der Waals surface area contributed by atoms with Crippen molar-refractivity contribution in [3.8, 4) is 22.8 Å². The first-order valence-corrected chi connectivity index (χ1v) is 9.48. The molecule has 0 radical (unpaired) electrons. The van der Waals surface area contributed by atoms with Crippen molar-refractivity contribution >= 4 is 5.69 Å². The maximum absolute atomic E-state index is 5.54. The summed E-state index contributed by atoms with van der Waals surface area (Å²) in [5, 5.41) is 3.56. The number of rotatable bonds is 5. The van der Waals surface area contributed by atoms with E-state index in [1.807, 2.05) is 36.5 Å². The monoisotopic (exact) mass is 375 g/mol. The van der Waals surface area contributed by atoms with Crippen molar-refractivity contribution < 1.29 is 9.47 Å². The standard InChI is InChI=1S/C23H25N3O2/c1-27-20-8-9-23(28-2)18(12-20)15-26-11-10-24-22-13-21(25-14-19(22)16-26)17-6-4-3-5-7-17/h3-9,12-14,24H,10-11,15-16H2,1-2H3. The van der Waals surface area contributed by atoms with Crippen LogP contribution in [0.2, 0.25) is 0 Å². The second kappa shape index (κ2) is 8.31. The molecule has 0 saturated carbocycles. The van der Waals surface area contributed by atoms with Gasteiger partial charge in [-0.05, 0) is 24.3 Å². The van der Waals surface area contributed by atoms with E-state index < -0.39 is 0 Å². The number of anilines is 1. The molecule has 144 valence electrons. The van der Waals surface area contributed by atoms with Crippen molar-refractivity contribution in [1.82, 2.24) is 9.88 Å². The molecule has 0 spiro atoms. The fourth-order valence-electron chi connectivity index (χ4n) is 3.59. The molecule has 1 aromatic heterocycles. The van der Waals surface area contributed by atoms with E-state index in [1.165, 1.54) is 5.56 Å². The van der Waals surface area contributed by atoms with Crippen molar-refractivity contribution in [2.45, 2.75) is 13.1 Å². The van der Waals surface area contributed by atoms with E-state index in [-0.39, 0.29) is 0 Å². The average Bonchev–Trinajstić information content (AvgIpc) is 2.95. The van der Waals surface area contributed by atoms with Crippen LogP contribution in [-0.4, -0.2) is 37.2 Å². The van der Waals surface area contributed by atoms with Crippen LogP contribution in [0.15, 0.2) is 60.8 Å². The Balaban J connectivity index is 1.56. The van der Waals surface area contributed by atoms with Crippen LogP contribution in [0.5, 0.6) is 11.5 Å². The molecule has 2 aromatic carbocycles. The van der Waals surface area contributed by atoms with E-state index >= 15 is 0 Å². The molecule has 3 aromatic rings. The van der Waals surface area contributed by atoms with Gasteiger partial charge in [0.05, 0.1) is 19.9 Å². The van der Waals surface area contributed by atoms with Crippen LogP contribution in [0.3, 0.4) is 0 Å². The van der Waals surface area contributed by atoms with Crippen LogP contribution in [0.4, 0.5) is 5.69 Å². The third-order valence-electron chi connectivity index (χ3n) is 5.07. The molecule has 0 unspecified atom stereocenters. The summed E-state index contributed by atoms with van der Waals surface area (Å²) in [6.07, 6.45) is 1.99. The summed E-state index contributed by atoms with van der Waals surface area (Å²) in [7, 11) is 3.40. The van der Waals surface area contributed by atoms with Crippen molar-refractivity contribution in [1.29, 1.82) is 0 Å². The molecule has 0 amide bonds. The predicted molar refractivity (Wildman–Crippen MR) is 112 cm³/mol. The highest BCUT2D eigenvalue weighted by Gasteiger charge is 2.17. The molecule has 1 aliphatic heterocycles. The summed E-state index contributed by atoms with van der Waals surface area (Å²) in [6.45, 7) is 3.46. The summed E-state index contributed by atoms with van der Waals surface area (Å²) in [5.41, 5.74) is 5.62. The molecule has 0 fully saturated rings. The molecule has 5 nitrogen and oxygen atoms in total. The van der Waals surface area contributed by atoms with Gasteiger partial charge in [-0.15, -0.1) is 0 Å². The highest BCUT2D eigenvalue weighted by Crippen LogP contribution is 2.29. The van der Waals surface area contributed by atoms with Gasteiger partial charge in [0.25, 0.3) is 0 Å². The van der Waals surface area contributed by atoms with Gasteiger partial charge in [-0.25, -0.2) is 0 Å². The number of methoxy groups -OCH3 is 2. The van der Waals surface area contributed by atoms with Gasteiger partial charge in [0.15, 0.2) is 0 Å². The Morgan fingerprint density at radius 3 is 2.68 bits per heavy atom. The van der Waals surface area contributed by atoms with Crippen molar-refractivity contribution in [2.24, 2.45) is 0 Å². The zero-order valence-electron chi connectivity index (χ0n) is 16.3. The van der Waals surface area contributed by atoms with Gasteiger partial charge in [0.1, 0.15) is 11.5 Å². The van der Waals surface area contributed by atoms with Gasteiger partial charge < -0.3 is 14.8 Å². The molecule has 0 bridgehead atoms. The van der Waals surface area contributed by atoms with E-state index in [4.69, 9.17) is 14.5 Å². The minimum Gasteiger partial charge on any atom is -0.497 e. The molecule has 0 aliphatic carbocycles. The molecular weight excluding hydrogens is 350 g/mol. The van der Waals surface area contributed by atoms with E-state index in [2.05, 4.69) is 34.5 Å². The largest absolute Gasteiger partial charge is 0.497 e. The zero-order valence-corrected chi connectivity index (χ0v) is 16.3. The topological polar surface area (TPSA) is 46.6 Å². The number of fused-ring (bicyclic) bond motifs is 1. The number of aromatic nitrogens is 1. The van der Waals surface area contributed by atoms with Crippen molar-refractivity contribution in [3.05, 3.63) is 71.9 Å². The van der Waals surface area contributed by atoms with Gasteiger partial charge >= 0.3 is 0 Å². The number of ether oxygens (including phenoxy) is 2. The molecule has 5 heteroatoms. The molecule has 4 rings (SSSR count). The second-order valence-electron chi connectivity index (χ2n) is 6.91. The lowest BCUT2D eigenvalue weighted by Gasteiger charge is -2.21. The molecule has 0 atom stereocenters. The Morgan fingerprint density at radius 2 is 1.89 bits per heavy atom. The lowest BCUT2D eigenvalue weighted by Crippen LogP contribution is -2.25. The maximum Gasteiger partial charge on any atom is 0.123 e. The third-order valence-corrected chi connectivity index (χ3v) is 5.07. The first-order valence-electron chi connectivity index (χ1n) is 9.48. The number of nitrogens with zero attached hydrogens (tertiary/aromatic N) is 2. The minimum absolute atomic E-state index is 0.794. The molecule has 0 saturated heterocycles. The number of benzene rings is 2. The Morgan fingerprint density at radius 1 is 1.04 bits per heavy atom. The summed E-state index contributed by atoms with van der Waals surface area (Å²) in [5.74, 6) is 1.73. The fraction of sp³-hybridized carbons (Fsp3) is 0.261. The Bertz CT molecular complexity index is 944. The number of hydrogen-bond acceptors (Lipinski definition) is 5. The van der Waals surface area contributed by atoms with Crippen LogP contribution < -0.4 is 14.8 Å². The second-order valence-corrected chi connectivity index (χ2v) is 6.91. The maximum atomic E-state index is 5.54. The normalized spacial score (nSPS) is 13.9. The summed E-state index contributed by atoms with van der Waals surface area (Å²) >= 11 is 0. The Hall–Kier alpha value is -3.05. The minimum atomic E-state index is 0.794. The van der Waals surface area contributed by atoms with Gasteiger partial charge in [-0.2, -0.15) is 0 Å². The molecule has 2 heterocycles. The van der Waals surface area contributed by atoms with Gasteiger partial charge in [0.2, 0.25) is 0 Å². The number of pyridine rings is 1. The molecule has 28 heavy (non-hydrogen) atoms. The van der Waals surface area contributed by atoms with Gasteiger partial charge in [-0.3, -0.25) is 9.88 Å². The fourth-order valence-corrected chi connectivity index (χ4v) is 3.59. The molecular formula is C23H25N3O2. The van der Waals surface area contributed by atoms with Crippen LogP contribution in [0.1, 0.15) is 11.1 Å². The van der Waals surface area contributed by atoms with E-state index in [9.17, 15) is 0 Å². The third kappa shape index (κ3) is 3.94. The smallest absolute Gasteiger partial charge is 0.123 e. The van der Waals surface area contributed by atoms with E-state index in [0.717, 1.165) is 60.2 Å². The zero-order chi connectivity index (χ0) is 19.3. The average molecular weight is 375 g/mol. The number of hydrogen-bond donors (Lipinski definition) is 1.